The first-order chi connectivity index (χ1) is 8.13. The van der Waals surface area contributed by atoms with Crippen molar-refractivity contribution in [3.63, 3.8) is 0 Å². The molecule has 0 atom stereocenters. The van der Waals surface area contributed by atoms with Crippen molar-refractivity contribution >= 4 is 27.4 Å². The molecule has 1 aliphatic rings. The maximum absolute atomic E-state index is 11.3. The lowest BCUT2D eigenvalue weighted by molar-refractivity contribution is 0.101. The van der Waals surface area contributed by atoms with Gasteiger partial charge in [-0.25, -0.2) is 0 Å². The zero-order chi connectivity index (χ0) is 12.4. The molecule has 92 valence electrons. The van der Waals surface area contributed by atoms with Crippen molar-refractivity contribution in [2.75, 3.05) is 18.1 Å². The molecule has 1 aliphatic carbocycles. The second-order valence-corrected chi connectivity index (χ2v) is 5.22. The second-order valence-electron chi connectivity index (χ2n) is 4.37. The van der Waals surface area contributed by atoms with Gasteiger partial charge in [0.1, 0.15) is 0 Å². The van der Waals surface area contributed by atoms with Crippen molar-refractivity contribution in [2.45, 2.75) is 25.8 Å². The van der Waals surface area contributed by atoms with Gasteiger partial charge in [0.15, 0.2) is 5.78 Å². The number of halogens is 1. The smallest absolute Gasteiger partial charge is 0.159 e. The molecule has 1 aromatic carbocycles. The van der Waals surface area contributed by atoms with Gasteiger partial charge >= 0.3 is 0 Å². The molecule has 0 spiro atoms. The summed E-state index contributed by atoms with van der Waals surface area (Å²) in [6.45, 7) is 2.36. The predicted molar refractivity (Wildman–Crippen MR) is 71.6 cm³/mol. The van der Waals surface area contributed by atoms with Gasteiger partial charge in [-0.15, -0.1) is 0 Å². The van der Waals surface area contributed by atoms with Crippen LogP contribution >= 0.6 is 15.9 Å². The fraction of sp³-hybridized carbons (Fsp3) is 0.462. The minimum Gasteiger partial charge on any atom is -0.395 e. The molecule has 1 fully saturated rings. The number of Topliss-reactive ketones (excluding diaryl/α,β-unsaturated/α-hetero) is 1. The molecular weight excluding hydrogens is 282 g/mol. The fourth-order valence-corrected chi connectivity index (χ4v) is 2.56. The van der Waals surface area contributed by atoms with Crippen LogP contribution in [0.3, 0.4) is 0 Å². The van der Waals surface area contributed by atoms with Crippen molar-refractivity contribution < 1.29 is 9.90 Å². The van der Waals surface area contributed by atoms with Crippen LogP contribution < -0.4 is 4.90 Å². The molecule has 0 aliphatic heterocycles. The van der Waals surface area contributed by atoms with E-state index in [-0.39, 0.29) is 12.4 Å². The van der Waals surface area contributed by atoms with Crippen LogP contribution in [0.5, 0.6) is 0 Å². The molecule has 0 amide bonds. The topological polar surface area (TPSA) is 40.5 Å². The number of ketones is 1. The minimum atomic E-state index is 0.0670. The Kier molecular flexibility index (Phi) is 3.84. The highest BCUT2D eigenvalue weighted by Crippen LogP contribution is 2.36. The summed E-state index contributed by atoms with van der Waals surface area (Å²) < 4.78 is 0.922. The van der Waals surface area contributed by atoms with Crippen molar-refractivity contribution in [1.82, 2.24) is 0 Å². The van der Waals surface area contributed by atoms with E-state index in [4.69, 9.17) is 5.11 Å². The third kappa shape index (κ3) is 2.87. The molecule has 17 heavy (non-hydrogen) atoms. The molecule has 2 rings (SSSR count). The van der Waals surface area contributed by atoms with E-state index in [2.05, 4.69) is 20.8 Å². The van der Waals surface area contributed by atoms with Gasteiger partial charge in [-0.3, -0.25) is 4.79 Å². The molecule has 1 aromatic rings. The van der Waals surface area contributed by atoms with Crippen LogP contribution in [0.25, 0.3) is 0 Å². The number of hydrogen-bond donors (Lipinski definition) is 1. The van der Waals surface area contributed by atoms with Crippen LogP contribution in [0.4, 0.5) is 5.69 Å². The Bertz CT molecular complexity index is 429. The average molecular weight is 298 g/mol. The lowest BCUT2D eigenvalue weighted by atomic mass is 10.1. The monoisotopic (exact) mass is 297 g/mol. The first-order valence-corrected chi connectivity index (χ1v) is 6.60. The van der Waals surface area contributed by atoms with E-state index in [1.807, 2.05) is 18.2 Å². The normalized spacial score (nSPS) is 14.8. The molecule has 0 bridgehead atoms. The van der Waals surface area contributed by atoms with E-state index in [0.717, 1.165) is 10.2 Å². The number of anilines is 1. The SMILES string of the molecule is CC(=O)c1ccc(N(CCO)C2CC2)c(Br)c1. The molecule has 1 saturated carbocycles. The van der Waals surface area contributed by atoms with Gasteiger partial charge in [0, 0.05) is 22.6 Å². The fourth-order valence-electron chi connectivity index (χ4n) is 1.95. The molecule has 3 nitrogen and oxygen atoms in total. The number of carbonyl (C=O) groups excluding carboxylic acids is 1. The Balaban J connectivity index is 2.27. The summed E-state index contributed by atoms with van der Waals surface area (Å²) in [5.41, 5.74) is 1.77. The van der Waals surface area contributed by atoms with Gasteiger partial charge in [-0.1, -0.05) is 0 Å². The highest BCUT2D eigenvalue weighted by Gasteiger charge is 2.29. The zero-order valence-corrected chi connectivity index (χ0v) is 11.4. The third-order valence-electron chi connectivity index (χ3n) is 2.99. The van der Waals surface area contributed by atoms with Crippen LogP contribution in [0.2, 0.25) is 0 Å². The predicted octanol–water partition coefficient (Wildman–Crippen LogP) is 2.61. The van der Waals surface area contributed by atoms with Crippen LogP contribution in [-0.4, -0.2) is 30.1 Å². The van der Waals surface area contributed by atoms with Gasteiger partial charge in [0.25, 0.3) is 0 Å². The summed E-state index contributed by atoms with van der Waals surface area (Å²) in [5, 5.41) is 9.10. The van der Waals surface area contributed by atoms with Crippen LogP contribution in [0, 0.1) is 0 Å². The first-order valence-electron chi connectivity index (χ1n) is 5.81. The third-order valence-corrected chi connectivity index (χ3v) is 3.63. The van der Waals surface area contributed by atoms with Gasteiger partial charge in [0.05, 0.1) is 12.3 Å². The minimum absolute atomic E-state index is 0.0670. The molecule has 0 aromatic heterocycles. The lowest BCUT2D eigenvalue weighted by Crippen LogP contribution is -2.29. The molecule has 1 N–H and O–H groups in total. The van der Waals surface area contributed by atoms with Gasteiger partial charge < -0.3 is 10.0 Å². The van der Waals surface area contributed by atoms with Crippen LogP contribution in [0.15, 0.2) is 22.7 Å². The van der Waals surface area contributed by atoms with Gasteiger partial charge in [-0.2, -0.15) is 0 Å². The Morgan fingerprint density at radius 3 is 2.71 bits per heavy atom. The van der Waals surface area contributed by atoms with E-state index >= 15 is 0 Å². The van der Waals surface area contributed by atoms with Crippen LogP contribution in [0.1, 0.15) is 30.1 Å². The molecule has 0 heterocycles. The summed E-state index contributed by atoms with van der Waals surface area (Å²) in [7, 11) is 0. The molecular formula is C13H16BrNO2. The average Bonchev–Trinajstić information content (AvgIpc) is 3.10. The summed E-state index contributed by atoms with van der Waals surface area (Å²) in [5.74, 6) is 0.0670. The van der Waals surface area contributed by atoms with E-state index in [9.17, 15) is 4.79 Å². The van der Waals surface area contributed by atoms with Crippen molar-refractivity contribution in [3.05, 3.63) is 28.2 Å². The Hall–Kier alpha value is -0.870. The van der Waals surface area contributed by atoms with Crippen molar-refractivity contribution in [2.24, 2.45) is 0 Å². The van der Waals surface area contributed by atoms with E-state index in [1.54, 1.807) is 6.92 Å². The quantitative estimate of drug-likeness (QED) is 0.850. The van der Waals surface area contributed by atoms with Gasteiger partial charge in [-0.05, 0) is 53.9 Å². The standard InChI is InChI=1S/C13H16BrNO2/c1-9(17)10-2-5-13(12(14)8-10)15(6-7-16)11-3-4-11/h2,5,8,11,16H,3-4,6-7H2,1H3. The number of carbonyl (C=O) groups is 1. The van der Waals surface area contributed by atoms with E-state index in [0.29, 0.717) is 18.2 Å². The summed E-state index contributed by atoms with van der Waals surface area (Å²) in [6.07, 6.45) is 2.36. The van der Waals surface area contributed by atoms with E-state index in [1.165, 1.54) is 12.8 Å². The molecule has 4 heteroatoms. The number of aliphatic hydroxyl groups is 1. The number of benzene rings is 1. The number of hydrogen-bond acceptors (Lipinski definition) is 3. The van der Waals surface area contributed by atoms with Crippen LogP contribution in [-0.2, 0) is 0 Å². The summed E-state index contributed by atoms with van der Waals surface area (Å²) >= 11 is 3.51. The highest BCUT2D eigenvalue weighted by atomic mass is 79.9. The molecule has 0 radical (unpaired) electrons. The first kappa shape index (κ1) is 12.6. The molecule has 0 unspecified atom stereocenters. The maximum atomic E-state index is 11.3. The number of rotatable bonds is 5. The highest BCUT2D eigenvalue weighted by molar-refractivity contribution is 9.10. The van der Waals surface area contributed by atoms with Crippen molar-refractivity contribution in [3.8, 4) is 0 Å². The maximum Gasteiger partial charge on any atom is 0.159 e. The molecule has 0 saturated heterocycles. The number of aliphatic hydroxyl groups excluding tert-OH is 1. The summed E-state index contributed by atoms with van der Waals surface area (Å²) in [6, 6.07) is 6.19. The van der Waals surface area contributed by atoms with Crippen molar-refractivity contribution in [1.29, 1.82) is 0 Å². The lowest BCUT2D eigenvalue weighted by Gasteiger charge is -2.25. The largest absolute Gasteiger partial charge is 0.395 e. The van der Waals surface area contributed by atoms with E-state index < -0.39 is 0 Å². The Labute approximate surface area is 110 Å². The second kappa shape index (κ2) is 5.19. The zero-order valence-electron chi connectivity index (χ0n) is 9.82. The number of nitrogens with zero attached hydrogens (tertiary/aromatic N) is 1. The Morgan fingerprint density at radius 2 is 2.24 bits per heavy atom. The summed E-state index contributed by atoms with van der Waals surface area (Å²) in [4.78, 5) is 13.5. The Morgan fingerprint density at radius 1 is 1.53 bits per heavy atom. The van der Waals surface area contributed by atoms with Gasteiger partial charge in [0.2, 0.25) is 0 Å².